The number of aryl methyl sites for hydroxylation is 1. The smallest absolute Gasteiger partial charge is 0.263 e. The minimum absolute atomic E-state index is 0.0949. The molecule has 1 aromatic carbocycles. The molecule has 7 heteroatoms. The van der Waals surface area contributed by atoms with Crippen LogP contribution in [0.5, 0.6) is 5.75 Å². The summed E-state index contributed by atoms with van der Waals surface area (Å²) in [5, 5.41) is 7.89. The number of nitrogens with one attached hydrogen (secondary N) is 1. The van der Waals surface area contributed by atoms with Gasteiger partial charge in [0.15, 0.2) is 12.4 Å². The van der Waals surface area contributed by atoms with Gasteiger partial charge in [0, 0.05) is 18.5 Å². The summed E-state index contributed by atoms with van der Waals surface area (Å²) in [6.07, 6.45) is 0. The molecule has 1 amide bonds. The summed E-state index contributed by atoms with van der Waals surface area (Å²) in [6, 6.07) is 6.86. The van der Waals surface area contributed by atoms with Crippen LogP contribution in [0, 0.1) is 0 Å². The first-order chi connectivity index (χ1) is 10.7. The van der Waals surface area contributed by atoms with E-state index < -0.39 is 0 Å². The Bertz CT molecular complexity index is 700. The predicted octanol–water partition coefficient (Wildman–Crippen LogP) is 4.04. The number of carbonyl (C=O) groups excluding carboxylic acids is 1. The van der Waals surface area contributed by atoms with Gasteiger partial charge in [0.05, 0.1) is 15.7 Å². The first-order valence-electron chi connectivity index (χ1n) is 7.09. The van der Waals surface area contributed by atoms with Crippen LogP contribution in [-0.2, 0) is 17.3 Å². The Morgan fingerprint density at radius 1 is 1.30 bits per heavy atom. The van der Waals surface area contributed by atoms with E-state index in [4.69, 9.17) is 27.9 Å². The lowest BCUT2D eigenvalue weighted by atomic mass is 9.92. The molecular formula is C16H19Cl2N3O2. The Kier molecular flexibility index (Phi) is 5.22. The van der Waals surface area contributed by atoms with Crippen molar-refractivity contribution in [3.8, 4) is 5.75 Å². The van der Waals surface area contributed by atoms with Gasteiger partial charge in [-0.1, -0.05) is 50.0 Å². The van der Waals surface area contributed by atoms with Crippen molar-refractivity contribution in [1.82, 2.24) is 9.78 Å². The molecule has 0 radical (unpaired) electrons. The number of nitrogens with zero attached hydrogens (tertiary/aromatic N) is 2. The number of amides is 1. The van der Waals surface area contributed by atoms with E-state index in [0.717, 1.165) is 5.69 Å². The van der Waals surface area contributed by atoms with Crippen molar-refractivity contribution in [2.45, 2.75) is 26.2 Å². The highest BCUT2D eigenvalue weighted by Gasteiger charge is 2.20. The maximum absolute atomic E-state index is 12.1. The molecule has 5 nitrogen and oxygen atoms in total. The van der Waals surface area contributed by atoms with Crippen LogP contribution in [0.2, 0.25) is 10.0 Å². The number of benzene rings is 1. The summed E-state index contributed by atoms with van der Waals surface area (Å²) in [7, 11) is 1.77. The average Bonchev–Trinajstić information content (AvgIpc) is 2.79. The first-order valence-corrected chi connectivity index (χ1v) is 7.85. The van der Waals surface area contributed by atoms with E-state index in [9.17, 15) is 4.79 Å². The molecule has 0 bridgehead atoms. The van der Waals surface area contributed by atoms with Crippen molar-refractivity contribution in [2.24, 2.45) is 7.05 Å². The highest BCUT2D eigenvalue weighted by atomic mass is 35.5. The molecule has 0 spiro atoms. The van der Waals surface area contributed by atoms with Gasteiger partial charge in [0.2, 0.25) is 0 Å². The molecule has 0 saturated carbocycles. The molecule has 23 heavy (non-hydrogen) atoms. The number of aromatic nitrogens is 2. The lowest BCUT2D eigenvalue weighted by molar-refractivity contribution is -0.118. The van der Waals surface area contributed by atoms with E-state index in [0.29, 0.717) is 21.6 Å². The monoisotopic (exact) mass is 355 g/mol. The number of ether oxygens (including phenoxy) is 1. The van der Waals surface area contributed by atoms with Gasteiger partial charge >= 0.3 is 0 Å². The lowest BCUT2D eigenvalue weighted by Gasteiger charge is -2.13. The van der Waals surface area contributed by atoms with E-state index in [2.05, 4.69) is 31.2 Å². The largest absolute Gasteiger partial charge is 0.481 e. The Balaban J connectivity index is 2.02. The average molecular weight is 356 g/mol. The highest BCUT2D eigenvalue weighted by molar-refractivity contribution is 6.37. The molecule has 2 aromatic rings. The van der Waals surface area contributed by atoms with Gasteiger partial charge in [0.1, 0.15) is 5.82 Å². The van der Waals surface area contributed by atoms with Crippen molar-refractivity contribution < 1.29 is 9.53 Å². The summed E-state index contributed by atoms with van der Waals surface area (Å²) in [6.45, 7) is 5.98. The van der Waals surface area contributed by atoms with E-state index >= 15 is 0 Å². The van der Waals surface area contributed by atoms with E-state index in [1.54, 1.807) is 29.9 Å². The zero-order chi connectivity index (χ0) is 17.2. The van der Waals surface area contributed by atoms with Crippen LogP contribution in [0.1, 0.15) is 26.5 Å². The fourth-order valence-electron chi connectivity index (χ4n) is 1.89. The molecular weight excluding hydrogens is 337 g/mol. The number of hydrogen-bond donors (Lipinski definition) is 1. The lowest BCUT2D eigenvalue weighted by Crippen LogP contribution is -2.21. The van der Waals surface area contributed by atoms with E-state index in [1.165, 1.54) is 0 Å². The third-order valence-electron chi connectivity index (χ3n) is 3.18. The summed E-state index contributed by atoms with van der Waals surface area (Å²) in [5.74, 6) is 0.588. The van der Waals surface area contributed by atoms with E-state index in [1.807, 2.05) is 6.07 Å². The Labute approximate surface area is 145 Å². The number of carbonyl (C=O) groups is 1. The summed E-state index contributed by atoms with van der Waals surface area (Å²) in [4.78, 5) is 12.1. The van der Waals surface area contributed by atoms with Gasteiger partial charge < -0.3 is 10.1 Å². The maximum Gasteiger partial charge on any atom is 0.263 e. The van der Waals surface area contributed by atoms with Crippen LogP contribution in [0.4, 0.5) is 5.82 Å². The molecule has 0 aliphatic rings. The van der Waals surface area contributed by atoms with Crippen LogP contribution in [0.15, 0.2) is 24.3 Å². The van der Waals surface area contributed by atoms with Gasteiger partial charge in [0.25, 0.3) is 5.91 Å². The van der Waals surface area contributed by atoms with Crippen LogP contribution in [-0.4, -0.2) is 22.3 Å². The van der Waals surface area contributed by atoms with Gasteiger partial charge in [-0.3, -0.25) is 9.48 Å². The molecule has 1 aromatic heterocycles. The molecule has 2 rings (SSSR count). The number of rotatable bonds is 4. The van der Waals surface area contributed by atoms with Crippen molar-refractivity contribution in [2.75, 3.05) is 11.9 Å². The second kappa shape index (κ2) is 6.81. The minimum Gasteiger partial charge on any atom is -0.481 e. The van der Waals surface area contributed by atoms with Gasteiger partial charge in [-0.05, 0) is 12.1 Å². The van der Waals surface area contributed by atoms with Crippen LogP contribution < -0.4 is 10.1 Å². The Morgan fingerprint density at radius 2 is 1.91 bits per heavy atom. The molecule has 0 fully saturated rings. The minimum atomic E-state index is -0.315. The zero-order valence-corrected chi connectivity index (χ0v) is 15.0. The fraction of sp³-hybridized carbons (Fsp3) is 0.375. The summed E-state index contributed by atoms with van der Waals surface area (Å²) < 4.78 is 7.04. The maximum atomic E-state index is 12.1. The normalized spacial score (nSPS) is 11.4. The topological polar surface area (TPSA) is 56.2 Å². The predicted molar refractivity (Wildman–Crippen MR) is 92.5 cm³/mol. The van der Waals surface area contributed by atoms with Crippen LogP contribution in [0.25, 0.3) is 0 Å². The summed E-state index contributed by atoms with van der Waals surface area (Å²) in [5.41, 5.74) is 0.799. The number of hydrogen-bond acceptors (Lipinski definition) is 3. The van der Waals surface area contributed by atoms with Crippen molar-refractivity contribution in [3.63, 3.8) is 0 Å². The first kappa shape index (κ1) is 17.6. The van der Waals surface area contributed by atoms with Crippen molar-refractivity contribution >= 4 is 34.9 Å². The molecule has 1 N–H and O–H groups in total. The zero-order valence-electron chi connectivity index (χ0n) is 13.5. The van der Waals surface area contributed by atoms with Crippen LogP contribution in [0.3, 0.4) is 0 Å². The standard InChI is InChI=1S/C16H19Cl2N3O2/c1-16(2,3)12-8-13(21(4)20-12)19-14(22)9-23-15-10(17)6-5-7-11(15)18/h5-8H,9H2,1-4H3,(H,19,22). The fourth-order valence-corrected chi connectivity index (χ4v) is 2.39. The molecule has 0 aliphatic carbocycles. The van der Waals surface area contributed by atoms with E-state index in [-0.39, 0.29) is 17.9 Å². The summed E-state index contributed by atoms with van der Waals surface area (Å²) >= 11 is 12.0. The van der Waals surface area contributed by atoms with Gasteiger partial charge in [-0.2, -0.15) is 5.10 Å². The third kappa shape index (κ3) is 4.39. The Morgan fingerprint density at radius 3 is 2.43 bits per heavy atom. The third-order valence-corrected chi connectivity index (χ3v) is 3.78. The number of para-hydroxylation sites is 1. The molecule has 0 aliphatic heterocycles. The SMILES string of the molecule is Cn1nc(C(C)(C)C)cc1NC(=O)COc1c(Cl)cccc1Cl. The van der Waals surface area contributed by atoms with Gasteiger partial charge in [-0.15, -0.1) is 0 Å². The molecule has 124 valence electrons. The molecule has 0 unspecified atom stereocenters. The second-order valence-electron chi connectivity index (χ2n) is 6.18. The van der Waals surface area contributed by atoms with Crippen molar-refractivity contribution in [1.29, 1.82) is 0 Å². The van der Waals surface area contributed by atoms with Gasteiger partial charge in [-0.25, -0.2) is 0 Å². The number of halogens is 2. The quantitative estimate of drug-likeness (QED) is 0.900. The van der Waals surface area contributed by atoms with Crippen LogP contribution >= 0.6 is 23.2 Å². The highest BCUT2D eigenvalue weighted by Crippen LogP contribution is 2.32. The number of anilines is 1. The molecule has 1 heterocycles. The second-order valence-corrected chi connectivity index (χ2v) is 6.99. The van der Waals surface area contributed by atoms with Crippen molar-refractivity contribution in [3.05, 3.63) is 40.0 Å². The Hall–Kier alpha value is -1.72. The molecule has 0 saturated heterocycles. The molecule has 0 atom stereocenters.